The minimum atomic E-state index is -1.07. The third-order valence-corrected chi connectivity index (χ3v) is 7.12. The quantitative estimate of drug-likeness (QED) is 0.300. The number of carbonyl (C=O) groups is 2. The summed E-state index contributed by atoms with van der Waals surface area (Å²) in [5, 5.41) is 6.40. The van der Waals surface area contributed by atoms with Gasteiger partial charge in [0.2, 0.25) is 11.8 Å². The van der Waals surface area contributed by atoms with Gasteiger partial charge in [-0.2, -0.15) is 0 Å². The number of fused-ring (bicyclic) bond motifs is 1. The average Bonchev–Trinajstić information content (AvgIpc) is 2.80. The van der Waals surface area contributed by atoms with Crippen LogP contribution in [-0.2, 0) is 9.59 Å². The molecule has 3 N–H and O–H groups in total. The summed E-state index contributed by atoms with van der Waals surface area (Å²) >= 11 is 3.43. The Kier molecular flexibility index (Phi) is 5.98. The van der Waals surface area contributed by atoms with E-state index in [2.05, 4.69) is 36.5 Å². The van der Waals surface area contributed by atoms with E-state index in [1.165, 1.54) is 6.33 Å². The number of aryl methyl sites for hydroxylation is 1. The van der Waals surface area contributed by atoms with E-state index in [0.29, 0.717) is 35.1 Å². The Morgan fingerprint density at radius 1 is 0.943 bits per heavy atom. The van der Waals surface area contributed by atoms with Gasteiger partial charge in [0.05, 0.1) is 17.2 Å². The molecule has 176 valence electrons. The summed E-state index contributed by atoms with van der Waals surface area (Å²) in [5.74, 6) is -0.570. The molecule has 7 nitrogen and oxygen atoms in total. The van der Waals surface area contributed by atoms with Crippen LogP contribution in [-0.4, -0.2) is 21.8 Å². The lowest BCUT2D eigenvalue weighted by atomic mass is 9.67. The number of nitrogens with one attached hydrogen (secondary N) is 3. The zero-order valence-electron chi connectivity index (χ0n) is 19.0. The van der Waals surface area contributed by atoms with Gasteiger partial charge in [-0.15, -0.1) is 0 Å². The lowest BCUT2D eigenvalue weighted by molar-refractivity contribution is -0.142. The topological polar surface area (TPSA) is 104 Å². The zero-order valence-corrected chi connectivity index (χ0v) is 20.6. The van der Waals surface area contributed by atoms with Crippen molar-refractivity contribution in [3.05, 3.63) is 87.4 Å². The Hall–Kier alpha value is -3.78. The molecule has 0 aliphatic heterocycles. The normalized spacial score (nSPS) is 14.2. The fourth-order valence-electron chi connectivity index (χ4n) is 4.34. The van der Waals surface area contributed by atoms with Crippen molar-refractivity contribution in [2.45, 2.75) is 26.2 Å². The smallest absolute Gasteiger partial charge is 0.258 e. The van der Waals surface area contributed by atoms with Crippen molar-refractivity contribution in [2.75, 3.05) is 10.6 Å². The molecule has 0 spiro atoms. The molecular formula is C27H23BrN4O3. The molecule has 1 fully saturated rings. The second-order valence-electron chi connectivity index (χ2n) is 8.84. The molecule has 4 aromatic rings. The Morgan fingerprint density at radius 2 is 1.66 bits per heavy atom. The van der Waals surface area contributed by atoms with E-state index >= 15 is 0 Å². The number of amides is 2. The fourth-order valence-corrected chi connectivity index (χ4v) is 4.82. The van der Waals surface area contributed by atoms with Gasteiger partial charge in [0, 0.05) is 15.8 Å². The van der Waals surface area contributed by atoms with Crippen LogP contribution < -0.4 is 16.2 Å². The van der Waals surface area contributed by atoms with Gasteiger partial charge < -0.3 is 15.6 Å². The maximum atomic E-state index is 13.2. The van der Waals surface area contributed by atoms with Crippen LogP contribution in [0.2, 0.25) is 0 Å². The average molecular weight is 531 g/mol. The molecule has 1 heterocycles. The van der Waals surface area contributed by atoms with Gasteiger partial charge in [0.25, 0.3) is 5.56 Å². The van der Waals surface area contributed by atoms with Crippen LogP contribution in [0.15, 0.2) is 76.3 Å². The first-order valence-corrected chi connectivity index (χ1v) is 12.1. The SMILES string of the molecule is Cc1cc(Br)ccc1NC(=O)C1(C(=O)Nc2ccc(-c3ccc4c(=O)[nH]cnc4c3)cc2)CCC1. The Balaban J connectivity index is 1.32. The number of hydrogen-bond acceptors (Lipinski definition) is 4. The van der Waals surface area contributed by atoms with Gasteiger partial charge in [-0.3, -0.25) is 14.4 Å². The second-order valence-corrected chi connectivity index (χ2v) is 9.76. The number of nitrogens with zero attached hydrogens (tertiary/aromatic N) is 1. The van der Waals surface area contributed by atoms with Crippen molar-refractivity contribution in [1.29, 1.82) is 0 Å². The molecule has 0 saturated heterocycles. The van der Waals surface area contributed by atoms with Gasteiger partial charge in [-0.25, -0.2) is 4.98 Å². The molecular weight excluding hydrogens is 508 g/mol. The number of anilines is 2. The highest BCUT2D eigenvalue weighted by molar-refractivity contribution is 9.10. The van der Waals surface area contributed by atoms with E-state index in [0.717, 1.165) is 27.6 Å². The molecule has 0 unspecified atom stereocenters. The number of carbonyl (C=O) groups excluding carboxylic acids is 2. The summed E-state index contributed by atoms with van der Waals surface area (Å²) in [7, 11) is 0. The monoisotopic (exact) mass is 530 g/mol. The molecule has 0 bridgehead atoms. The largest absolute Gasteiger partial charge is 0.325 e. The van der Waals surface area contributed by atoms with Crippen LogP contribution in [0.3, 0.4) is 0 Å². The predicted molar refractivity (Wildman–Crippen MR) is 140 cm³/mol. The van der Waals surface area contributed by atoms with Gasteiger partial charge in [0.1, 0.15) is 5.41 Å². The van der Waals surface area contributed by atoms with Crippen LogP contribution in [0.5, 0.6) is 0 Å². The molecule has 3 aromatic carbocycles. The number of hydrogen-bond donors (Lipinski definition) is 3. The Bertz CT molecular complexity index is 1510. The molecule has 1 aliphatic rings. The lowest BCUT2D eigenvalue weighted by Crippen LogP contribution is -2.51. The van der Waals surface area contributed by atoms with E-state index < -0.39 is 5.41 Å². The summed E-state index contributed by atoms with van der Waals surface area (Å²) in [5.41, 5.74) is 3.44. The fraction of sp³-hybridized carbons (Fsp3) is 0.185. The molecule has 0 atom stereocenters. The van der Waals surface area contributed by atoms with Crippen molar-refractivity contribution in [1.82, 2.24) is 9.97 Å². The van der Waals surface area contributed by atoms with Crippen LogP contribution in [0, 0.1) is 12.3 Å². The van der Waals surface area contributed by atoms with E-state index in [1.54, 1.807) is 6.07 Å². The summed E-state index contributed by atoms with van der Waals surface area (Å²) in [4.78, 5) is 45.0. The van der Waals surface area contributed by atoms with Crippen LogP contribution in [0.25, 0.3) is 22.0 Å². The lowest BCUT2D eigenvalue weighted by Gasteiger charge is -2.38. The van der Waals surface area contributed by atoms with Gasteiger partial charge in [0.15, 0.2) is 0 Å². The van der Waals surface area contributed by atoms with Crippen LogP contribution in [0.1, 0.15) is 24.8 Å². The summed E-state index contributed by atoms with van der Waals surface area (Å²) in [6, 6.07) is 18.5. The molecule has 1 saturated carbocycles. The summed E-state index contributed by atoms with van der Waals surface area (Å²) in [6.45, 7) is 1.92. The number of H-pyrrole nitrogens is 1. The highest BCUT2D eigenvalue weighted by Gasteiger charge is 2.50. The number of aromatic nitrogens is 2. The number of halogens is 1. The maximum absolute atomic E-state index is 13.2. The third kappa shape index (κ3) is 4.37. The molecule has 1 aromatic heterocycles. The number of aromatic amines is 1. The molecule has 1 aliphatic carbocycles. The molecule has 0 radical (unpaired) electrons. The first-order chi connectivity index (χ1) is 16.9. The maximum Gasteiger partial charge on any atom is 0.258 e. The van der Waals surface area contributed by atoms with E-state index in [9.17, 15) is 14.4 Å². The van der Waals surface area contributed by atoms with Gasteiger partial charge in [-0.05, 0) is 78.9 Å². The van der Waals surface area contributed by atoms with Crippen molar-refractivity contribution >= 4 is 50.0 Å². The van der Waals surface area contributed by atoms with Crippen molar-refractivity contribution in [3.63, 3.8) is 0 Å². The Morgan fingerprint density at radius 3 is 2.34 bits per heavy atom. The first kappa shape index (κ1) is 23.0. The first-order valence-electron chi connectivity index (χ1n) is 11.3. The minimum absolute atomic E-state index is 0.177. The Labute approximate surface area is 210 Å². The zero-order chi connectivity index (χ0) is 24.6. The summed E-state index contributed by atoms with van der Waals surface area (Å²) < 4.78 is 0.932. The van der Waals surface area contributed by atoms with Crippen LogP contribution in [0.4, 0.5) is 11.4 Å². The number of rotatable bonds is 5. The standard InChI is InChI=1S/C27H23BrN4O3/c1-16-13-19(28)6-10-22(16)32-26(35)27(11-2-12-27)25(34)31-20-7-3-17(4-8-20)18-5-9-21-23(14-18)29-15-30-24(21)33/h3-10,13-15H,2,11-12H2,1H3,(H,31,34)(H,32,35)(H,29,30,33). The highest BCUT2D eigenvalue weighted by atomic mass is 79.9. The van der Waals surface area contributed by atoms with Crippen molar-refractivity contribution in [2.24, 2.45) is 5.41 Å². The highest BCUT2D eigenvalue weighted by Crippen LogP contribution is 2.43. The minimum Gasteiger partial charge on any atom is -0.325 e. The van der Waals surface area contributed by atoms with Crippen molar-refractivity contribution < 1.29 is 9.59 Å². The number of benzene rings is 3. The van der Waals surface area contributed by atoms with E-state index in [4.69, 9.17) is 0 Å². The molecule has 5 rings (SSSR count). The van der Waals surface area contributed by atoms with E-state index in [1.807, 2.05) is 61.5 Å². The van der Waals surface area contributed by atoms with Gasteiger partial charge in [-0.1, -0.05) is 40.5 Å². The second kappa shape index (κ2) is 9.11. The molecule has 35 heavy (non-hydrogen) atoms. The van der Waals surface area contributed by atoms with E-state index in [-0.39, 0.29) is 17.4 Å². The van der Waals surface area contributed by atoms with Gasteiger partial charge >= 0.3 is 0 Å². The summed E-state index contributed by atoms with van der Waals surface area (Å²) in [6.07, 6.45) is 3.25. The van der Waals surface area contributed by atoms with Crippen LogP contribution >= 0.6 is 15.9 Å². The molecule has 8 heteroatoms. The predicted octanol–water partition coefficient (Wildman–Crippen LogP) is 5.41. The third-order valence-electron chi connectivity index (χ3n) is 6.63. The molecule has 2 amide bonds. The van der Waals surface area contributed by atoms with Crippen molar-refractivity contribution in [3.8, 4) is 11.1 Å².